The van der Waals surface area contributed by atoms with E-state index < -0.39 is 0 Å². The van der Waals surface area contributed by atoms with Gasteiger partial charge < -0.3 is 5.32 Å². The monoisotopic (exact) mass is 358 g/mol. The van der Waals surface area contributed by atoms with Gasteiger partial charge in [0.1, 0.15) is 15.9 Å². The number of nitriles is 1. The average Bonchev–Trinajstić information content (AvgIpc) is 3.21. The minimum Gasteiger partial charge on any atom is -0.312 e. The van der Waals surface area contributed by atoms with Crippen LogP contribution in [0.4, 0.5) is 5.00 Å². The number of rotatable bonds is 2. The standard InChI is InChI=1S/C17H11ClN2OS2/c18-14-10-4-1-2-6-13(10)22-15(14)16(21)20-17-11(8-19)9-5-3-7-12(9)23-17/h1-2,4,6H,3,5,7H2,(H,20,21). The van der Waals surface area contributed by atoms with E-state index in [1.807, 2.05) is 24.3 Å². The van der Waals surface area contributed by atoms with Crippen molar-refractivity contribution in [2.45, 2.75) is 19.3 Å². The van der Waals surface area contributed by atoms with Crippen molar-refractivity contribution in [1.29, 1.82) is 5.26 Å². The van der Waals surface area contributed by atoms with Gasteiger partial charge in [-0.2, -0.15) is 5.26 Å². The molecule has 2 heterocycles. The number of carbonyl (C=O) groups excluding carboxylic acids is 1. The minimum atomic E-state index is -0.243. The lowest BCUT2D eigenvalue weighted by atomic mass is 10.1. The van der Waals surface area contributed by atoms with Crippen LogP contribution in [0.3, 0.4) is 0 Å². The first kappa shape index (κ1) is 14.7. The number of amides is 1. The molecule has 1 N–H and O–H groups in total. The molecule has 0 saturated carbocycles. The highest BCUT2D eigenvalue weighted by atomic mass is 35.5. The Morgan fingerprint density at radius 3 is 2.87 bits per heavy atom. The fourth-order valence-electron chi connectivity index (χ4n) is 2.93. The van der Waals surface area contributed by atoms with Crippen LogP contribution in [0.25, 0.3) is 10.1 Å². The zero-order chi connectivity index (χ0) is 16.0. The number of hydrogen-bond acceptors (Lipinski definition) is 4. The van der Waals surface area contributed by atoms with Crippen molar-refractivity contribution in [1.82, 2.24) is 0 Å². The number of anilines is 1. The number of aryl methyl sites for hydroxylation is 1. The Morgan fingerprint density at radius 1 is 1.26 bits per heavy atom. The molecule has 1 amide bonds. The highest BCUT2D eigenvalue weighted by Gasteiger charge is 2.24. The van der Waals surface area contributed by atoms with E-state index in [-0.39, 0.29) is 5.91 Å². The molecule has 0 spiro atoms. The molecule has 0 saturated heterocycles. The number of thiophene rings is 2. The average molecular weight is 359 g/mol. The second kappa shape index (κ2) is 5.64. The summed E-state index contributed by atoms with van der Waals surface area (Å²) in [6.45, 7) is 0. The smallest absolute Gasteiger partial charge is 0.267 e. The van der Waals surface area contributed by atoms with Gasteiger partial charge in [0.15, 0.2) is 0 Å². The van der Waals surface area contributed by atoms with Gasteiger partial charge in [0, 0.05) is 15.0 Å². The van der Waals surface area contributed by atoms with Crippen molar-refractivity contribution < 1.29 is 4.79 Å². The summed E-state index contributed by atoms with van der Waals surface area (Å²) in [5, 5.41) is 14.3. The summed E-state index contributed by atoms with van der Waals surface area (Å²) in [7, 11) is 0. The van der Waals surface area contributed by atoms with Gasteiger partial charge in [0.2, 0.25) is 0 Å². The van der Waals surface area contributed by atoms with E-state index in [4.69, 9.17) is 11.6 Å². The Hall–Kier alpha value is -1.87. The van der Waals surface area contributed by atoms with E-state index in [2.05, 4.69) is 11.4 Å². The van der Waals surface area contributed by atoms with Crippen LogP contribution in [-0.2, 0) is 12.8 Å². The van der Waals surface area contributed by atoms with Crippen LogP contribution in [0.2, 0.25) is 5.02 Å². The molecule has 2 aromatic heterocycles. The second-order valence-corrected chi connectivity index (χ2v) is 7.90. The van der Waals surface area contributed by atoms with E-state index >= 15 is 0 Å². The summed E-state index contributed by atoms with van der Waals surface area (Å²) in [6, 6.07) is 9.92. The van der Waals surface area contributed by atoms with Crippen molar-refractivity contribution in [2.75, 3.05) is 5.32 Å². The Balaban J connectivity index is 1.70. The summed E-state index contributed by atoms with van der Waals surface area (Å²) >= 11 is 9.24. The molecule has 4 rings (SSSR count). The van der Waals surface area contributed by atoms with Gasteiger partial charge in [-0.05, 0) is 30.9 Å². The van der Waals surface area contributed by atoms with E-state index in [1.165, 1.54) is 27.6 Å². The predicted molar refractivity (Wildman–Crippen MR) is 95.8 cm³/mol. The first-order chi connectivity index (χ1) is 11.2. The molecule has 6 heteroatoms. The molecule has 0 atom stereocenters. The Kier molecular flexibility index (Phi) is 3.61. The number of halogens is 1. The molecule has 0 unspecified atom stereocenters. The maximum absolute atomic E-state index is 12.6. The Labute approximate surface area is 146 Å². The molecule has 3 aromatic rings. The number of carbonyl (C=O) groups is 1. The molecule has 114 valence electrons. The van der Waals surface area contributed by atoms with Crippen LogP contribution < -0.4 is 5.32 Å². The number of nitrogens with one attached hydrogen (secondary N) is 1. The molecule has 1 aliphatic carbocycles. The summed E-state index contributed by atoms with van der Waals surface area (Å²) < 4.78 is 0.983. The highest BCUT2D eigenvalue weighted by molar-refractivity contribution is 7.22. The third-order valence-corrected chi connectivity index (χ3v) is 6.88. The number of hydrogen-bond donors (Lipinski definition) is 1. The molecule has 0 aliphatic heterocycles. The molecular formula is C17H11ClN2OS2. The lowest BCUT2D eigenvalue weighted by Crippen LogP contribution is -2.10. The fourth-order valence-corrected chi connectivity index (χ4v) is 5.58. The van der Waals surface area contributed by atoms with E-state index in [0.717, 1.165) is 34.9 Å². The van der Waals surface area contributed by atoms with Gasteiger partial charge in [-0.1, -0.05) is 29.8 Å². The van der Waals surface area contributed by atoms with Gasteiger partial charge in [0.25, 0.3) is 5.91 Å². The molecule has 0 fully saturated rings. The van der Waals surface area contributed by atoms with Crippen LogP contribution in [0, 0.1) is 11.3 Å². The van der Waals surface area contributed by atoms with E-state index in [1.54, 1.807) is 0 Å². The summed E-state index contributed by atoms with van der Waals surface area (Å²) in [6.07, 6.45) is 3.01. The van der Waals surface area contributed by atoms with Crippen molar-refractivity contribution in [3.05, 3.63) is 50.2 Å². The van der Waals surface area contributed by atoms with Gasteiger partial charge >= 0.3 is 0 Å². The van der Waals surface area contributed by atoms with Crippen LogP contribution in [0.15, 0.2) is 24.3 Å². The van der Waals surface area contributed by atoms with Crippen LogP contribution >= 0.6 is 34.3 Å². The first-order valence-electron chi connectivity index (χ1n) is 7.22. The first-order valence-corrected chi connectivity index (χ1v) is 9.23. The van der Waals surface area contributed by atoms with Gasteiger partial charge in [-0.25, -0.2) is 0 Å². The summed E-state index contributed by atoms with van der Waals surface area (Å²) in [5.74, 6) is -0.243. The summed E-state index contributed by atoms with van der Waals surface area (Å²) in [4.78, 5) is 14.3. The fraction of sp³-hybridized carbons (Fsp3) is 0.176. The van der Waals surface area contributed by atoms with Crippen molar-refractivity contribution in [3.63, 3.8) is 0 Å². The molecule has 0 radical (unpaired) electrons. The number of nitrogens with zero attached hydrogens (tertiary/aromatic N) is 1. The van der Waals surface area contributed by atoms with Gasteiger partial charge in [-0.15, -0.1) is 22.7 Å². The predicted octanol–water partition coefficient (Wildman–Crippen LogP) is 5.23. The molecular weight excluding hydrogens is 348 g/mol. The Bertz CT molecular complexity index is 981. The zero-order valence-corrected chi connectivity index (χ0v) is 14.4. The maximum Gasteiger partial charge on any atom is 0.267 e. The molecule has 1 aromatic carbocycles. The lowest BCUT2D eigenvalue weighted by Gasteiger charge is -2.02. The van der Waals surface area contributed by atoms with Crippen molar-refractivity contribution >= 4 is 55.3 Å². The van der Waals surface area contributed by atoms with Gasteiger partial charge in [0.05, 0.1) is 10.6 Å². The molecule has 0 bridgehead atoms. The largest absolute Gasteiger partial charge is 0.312 e. The minimum absolute atomic E-state index is 0.243. The van der Waals surface area contributed by atoms with Crippen molar-refractivity contribution in [2.24, 2.45) is 0 Å². The van der Waals surface area contributed by atoms with Crippen LogP contribution in [-0.4, -0.2) is 5.91 Å². The molecule has 1 aliphatic rings. The van der Waals surface area contributed by atoms with Crippen molar-refractivity contribution in [3.8, 4) is 6.07 Å². The molecule has 23 heavy (non-hydrogen) atoms. The Morgan fingerprint density at radius 2 is 2.09 bits per heavy atom. The number of benzene rings is 1. The van der Waals surface area contributed by atoms with Crippen LogP contribution in [0.1, 0.15) is 32.1 Å². The maximum atomic E-state index is 12.6. The highest BCUT2D eigenvalue weighted by Crippen LogP contribution is 2.40. The van der Waals surface area contributed by atoms with Gasteiger partial charge in [-0.3, -0.25) is 4.79 Å². The summed E-state index contributed by atoms with van der Waals surface area (Å²) in [5.41, 5.74) is 1.73. The normalized spacial score (nSPS) is 13.0. The quantitative estimate of drug-likeness (QED) is 0.682. The SMILES string of the molecule is N#Cc1c(NC(=O)c2sc3ccccc3c2Cl)sc2c1CCC2. The van der Waals surface area contributed by atoms with Crippen LogP contribution in [0.5, 0.6) is 0 Å². The lowest BCUT2D eigenvalue weighted by molar-refractivity contribution is 0.103. The van der Waals surface area contributed by atoms with E-state index in [9.17, 15) is 10.1 Å². The third kappa shape index (κ3) is 2.34. The third-order valence-electron chi connectivity index (χ3n) is 4.00. The van der Waals surface area contributed by atoms with E-state index in [0.29, 0.717) is 20.5 Å². The topological polar surface area (TPSA) is 52.9 Å². The zero-order valence-electron chi connectivity index (χ0n) is 12.0. The molecule has 3 nitrogen and oxygen atoms in total. The number of fused-ring (bicyclic) bond motifs is 2. The second-order valence-electron chi connectivity index (χ2n) is 5.37.